The molecule has 0 saturated heterocycles. The minimum atomic E-state index is 0.345. The van der Waals surface area contributed by atoms with E-state index in [1.807, 2.05) is 6.07 Å². The van der Waals surface area contributed by atoms with Gasteiger partial charge in [-0.1, -0.05) is 33.8 Å². The first-order valence-electron chi connectivity index (χ1n) is 7.43. The van der Waals surface area contributed by atoms with Gasteiger partial charge in [-0.15, -0.1) is 0 Å². The maximum Gasteiger partial charge on any atom is 0.133 e. The standard InChI is InChI=1S/C17H28BrNO/c1-11(2)15(12(3)4)10-19-13(5)14-7-8-17(20-6)16(18)9-14/h7-9,11-13,15,19H,10H2,1-6H3. The van der Waals surface area contributed by atoms with Crippen molar-refractivity contribution >= 4 is 15.9 Å². The summed E-state index contributed by atoms with van der Waals surface area (Å²) in [4.78, 5) is 0. The van der Waals surface area contributed by atoms with Gasteiger partial charge in [-0.2, -0.15) is 0 Å². The Hall–Kier alpha value is -0.540. The predicted molar refractivity (Wildman–Crippen MR) is 90.3 cm³/mol. The van der Waals surface area contributed by atoms with Gasteiger partial charge in [-0.05, 0) is 64.8 Å². The number of nitrogens with one attached hydrogen (secondary N) is 1. The van der Waals surface area contributed by atoms with Crippen LogP contribution in [-0.2, 0) is 0 Å². The Balaban J connectivity index is 2.66. The first-order chi connectivity index (χ1) is 9.36. The van der Waals surface area contributed by atoms with E-state index in [1.165, 1.54) is 5.56 Å². The van der Waals surface area contributed by atoms with Gasteiger partial charge in [-0.3, -0.25) is 0 Å². The summed E-state index contributed by atoms with van der Waals surface area (Å²) < 4.78 is 6.28. The van der Waals surface area contributed by atoms with E-state index in [0.717, 1.165) is 16.8 Å². The number of ether oxygens (including phenoxy) is 1. The van der Waals surface area contributed by atoms with Crippen molar-refractivity contribution in [2.24, 2.45) is 17.8 Å². The van der Waals surface area contributed by atoms with Crippen LogP contribution in [-0.4, -0.2) is 13.7 Å². The fraction of sp³-hybridized carbons (Fsp3) is 0.647. The maximum atomic E-state index is 5.27. The molecule has 1 aromatic rings. The fourth-order valence-electron chi connectivity index (χ4n) is 2.62. The Morgan fingerprint density at radius 2 is 1.70 bits per heavy atom. The van der Waals surface area contributed by atoms with Gasteiger partial charge in [-0.25, -0.2) is 0 Å². The van der Waals surface area contributed by atoms with E-state index in [1.54, 1.807) is 7.11 Å². The van der Waals surface area contributed by atoms with Crippen LogP contribution in [0.25, 0.3) is 0 Å². The number of methoxy groups -OCH3 is 1. The Kier molecular flexibility index (Phi) is 7.04. The van der Waals surface area contributed by atoms with Crippen molar-refractivity contribution in [2.45, 2.75) is 40.7 Å². The highest BCUT2D eigenvalue weighted by molar-refractivity contribution is 9.10. The third-order valence-electron chi connectivity index (χ3n) is 4.05. The molecule has 0 radical (unpaired) electrons. The van der Waals surface area contributed by atoms with Crippen LogP contribution in [0.1, 0.15) is 46.2 Å². The van der Waals surface area contributed by atoms with Crippen LogP contribution in [0.15, 0.2) is 22.7 Å². The summed E-state index contributed by atoms with van der Waals surface area (Å²) in [5.74, 6) is 3.00. The van der Waals surface area contributed by atoms with Gasteiger partial charge in [0.2, 0.25) is 0 Å². The minimum absolute atomic E-state index is 0.345. The lowest BCUT2D eigenvalue weighted by atomic mass is 9.85. The van der Waals surface area contributed by atoms with E-state index in [4.69, 9.17) is 4.74 Å². The lowest BCUT2D eigenvalue weighted by Gasteiger charge is -2.27. The average molecular weight is 342 g/mol. The molecule has 0 bridgehead atoms. The molecule has 1 atom stereocenters. The second kappa shape index (κ2) is 8.04. The van der Waals surface area contributed by atoms with Gasteiger partial charge in [0, 0.05) is 6.04 Å². The zero-order chi connectivity index (χ0) is 15.3. The Morgan fingerprint density at radius 3 is 2.15 bits per heavy atom. The predicted octanol–water partition coefficient (Wildman–Crippen LogP) is 5.04. The highest BCUT2D eigenvalue weighted by atomic mass is 79.9. The Labute approximate surface area is 132 Å². The summed E-state index contributed by atoms with van der Waals surface area (Å²) in [6, 6.07) is 6.62. The summed E-state index contributed by atoms with van der Waals surface area (Å²) in [6.45, 7) is 12.5. The van der Waals surface area contributed by atoms with E-state index in [9.17, 15) is 0 Å². The number of benzene rings is 1. The summed E-state index contributed by atoms with van der Waals surface area (Å²) in [6.07, 6.45) is 0. The molecular formula is C17H28BrNO. The second-order valence-electron chi connectivity index (χ2n) is 6.18. The molecule has 1 rings (SSSR count). The van der Waals surface area contributed by atoms with E-state index in [2.05, 4.69) is 68.0 Å². The fourth-order valence-corrected chi connectivity index (χ4v) is 3.18. The molecule has 0 aliphatic carbocycles. The zero-order valence-electron chi connectivity index (χ0n) is 13.5. The van der Waals surface area contributed by atoms with Crippen molar-refractivity contribution in [3.63, 3.8) is 0 Å². The highest BCUT2D eigenvalue weighted by Crippen LogP contribution is 2.28. The van der Waals surface area contributed by atoms with Gasteiger partial charge >= 0.3 is 0 Å². The summed E-state index contributed by atoms with van der Waals surface area (Å²) in [7, 11) is 1.69. The number of rotatable bonds is 7. The average Bonchev–Trinajstić information content (AvgIpc) is 2.37. The first kappa shape index (κ1) is 17.5. The van der Waals surface area contributed by atoms with Crippen LogP contribution in [0.4, 0.5) is 0 Å². The van der Waals surface area contributed by atoms with Crippen molar-refractivity contribution in [3.8, 4) is 5.75 Å². The molecule has 0 fully saturated rings. The second-order valence-corrected chi connectivity index (χ2v) is 7.03. The van der Waals surface area contributed by atoms with Crippen LogP contribution in [0, 0.1) is 17.8 Å². The van der Waals surface area contributed by atoms with E-state index < -0.39 is 0 Å². The molecular weight excluding hydrogens is 314 g/mol. The molecule has 1 aromatic carbocycles. The van der Waals surface area contributed by atoms with Crippen molar-refractivity contribution in [3.05, 3.63) is 28.2 Å². The summed E-state index contributed by atoms with van der Waals surface area (Å²) in [5, 5.41) is 3.66. The van der Waals surface area contributed by atoms with Gasteiger partial charge in [0.05, 0.1) is 11.6 Å². The number of halogens is 1. The summed E-state index contributed by atoms with van der Waals surface area (Å²) >= 11 is 3.55. The topological polar surface area (TPSA) is 21.3 Å². The molecule has 2 nitrogen and oxygen atoms in total. The molecule has 114 valence electrons. The van der Waals surface area contributed by atoms with E-state index in [-0.39, 0.29) is 0 Å². The van der Waals surface area contributed by atoms with Crippen LogP contribution in [0.2, 0.25) is 0 Å². The van der Waals surface area contributed by atoms with Gasteiger partial charge < -0.3 is 10.1 Å². The van der Waals surface area contributed by atoms with E-state index in [0.29, 0.717) is 23.8 Å². The Morgan fingerprint density at radius 1 is 1.10 bits per heavy atom. The monoisotopic (exact) mass is 341 g/mol. The lowest BCUT2D eigenvalue weighted by Crippen LogP contribution is -2.31. The minimum Gasteiger partial charge on any atom is -0.496 e. The largest absolute Gasteiger partial charge is 0.496 e. The molecule has 0 spiro atoms. The van der Waals surface area contributed by atoms with E-state index >= 15 is 0 Å². The molecule has 0 aromatic heterocycles. The van der Waals surface area contributed by atoms with Crippen molar-refractivity contribution in [1.82, 2.24) is 5.32 Å². The molecule has 0 heterocycles. The van der Waals surface area contributed by atoms with Crippen LogP contribution < -0.4 is 10.1 Å². The smallest absolute Gasteiger partial charge is 0.133 e. The van der Waals surface area contributed by atoms with Gasteiger partial charge in [0.1, 0.15) is 5.75 Å². The normalized spacial score (nSPS) is 13.3. The third kappa shape index (κ3) is 4.78. The lowest BCUT2D eigenvalue weighted by molar-refractivity contribution is 0.268. The number of hydrogen-bond donors (Lipinski definition) is 1. The molecule has 20 heavy (non-hydrogen) atoms. The highest BCUT2D eigenvalue weighted by Gasteiger charge is 2.18. The zero-order valence-corrected chi connectivity index (χ0v) is 15.1. The van der Waals surface area contributed by atoms with Crippen molar-refractivity contribution < 1.29 is 4.74 Å². The van der Waals surface area contributed by atoms with Gasteiger partial charge in [0.15, 0.2) is 0 Å². The van der Waals surface area contributed by atoms with Crippen molar-refractivity contribution in [2.75, 3.05) is 13.7 Å². The van der Waals surface area contributed by atoms with Crippen LogP contribution in [0.5, 0.6) is 5.75 Å². The summed E-state index contributed by atoms with van der Waals surface area (Å²) in [5.41, 5.74) is 1.28. The molecule has 0 amide bonds. The SMILES string of the molecule is COc1ccc(C(C)NCC(C(C)C)C(C)C)cc1Br. The number of hydrogen-bond acceptors (Lipinski definition) is 2. The van der Waals surface area contributed by atoms with Crippen LogP contribution >= 0.6 is 15.9 Å². The molecule has 0 aliphatic heterocycles. The molecule has 3 heteroatoms. The van der Waals surface area contributed by atoms with Crippen LogP contribution in [0.3, 0.4) is 0 Å². The molecule has 0 aliphatic rings. The molecule has 0 saturated carbocycles. The quantitative estimate of drug-likeness (QED) is 0.750. The van der Waals surface area contributed by atoms with Crippen molar-refractivity contribution in [1.29, 1.82) is 0 Å². The maximum absolute atomic E-state index is 5.27. The molecule has 1 N–H and O–H groups in total. The van der Waals surface area contributed by atoms with Gasteiger partial charge in [0.25, 0.3) is 0 Å². The first-order valence-corrected chi connectivity index (χ1v) is 8.22. The molecule has 1 unspecified atom stereocenters. The Bertz CT molecular complexity index is 409. The third-order valence-corrected chi connectivity index (χ3v) is 4.67.